The molecule has 4 heteroatoms. The first-order chi connectivity index (χ1) is 15.3. The Kier molecular flexibility index (Phi) is 6.22. The van der Waals surface area contributed by atoms with Gasteiger partial charge in [0.2, 0.25) is 0 Å². The van der Waals surface area contributed by atoms with Crippen LogP contribution in [0.4, 0.5) is 0 Å². The molecule has 0 bridgehead atoms. The zero-order valence-electron chi connectivity index (χ0n) is 19.7. The molecule has 32 heavy (non-hydrogen) atoms. The summed E-state index contributed by atoms with van der Waals surface area (Å²) in [5, 5.41) is 0. The van der Waals surface area contributed by atoms with E-state index in [9.17, 15) is 0 Å². The molecule has 0 atom stereocenters. The average Bonchev–Trinajstić information content (AvgIpc) is 3.11. The highest BCUT2D eigenvalue weighted by molar-refractivity contribution is 5.75. The molecule has 0 spiro atoms. The molecule has 1 aromatic heterocycles. The second-order valence-corrected chi connectivity index (χ2v) is 9.35. The van der Waals surface area contributed by atoms with Gasteiger partial charge in [-0.2, -0.15) is 0 Å². The van der Waals surface area contributed by atoms with Crippen LogP contribution in [0.5, 0.6) is 11.5 Å². The van der Waals surface area contributed by atoms with Gasteiger partial charge in [0.25, 0.3) is 0 Å². The van der Waals surface area contributed by atoms with Gasteiger partial charge in [0.15, 0.2) is 0 Å². The third kappa shape index (κ3) is 4.96. The van der Waals surface area contributed by atoms with Crippen LogP contribution in [0, 0.1) is 13.8 Å². The Labute approximate surface area is 190 Å². The maximum absolute atomic E-state index is 6.10. The van der Waals surface area contributed by atoms with Crippen LogP contribution in [0.2, 0.25) is 0 Å². The number of aryl methyl sites for hydroxylation is 2. The van der Waals surface area contributed by atoms with Crippen LogP contribution in [0.15, 0.2) is 66.7 Å². The van der Waals surface area contributed by atoms with E-state index in [2.05, 4.69) is 69.5 Å². The number of nitrogens with zero attached hydrogens (tertiary/aromatic N) is 2. The molecule has 0 aliphatic heterocycles. The van der Waals surface area contributed by atoms with E-state index in [4.69, 9.17) is 14.5 Å². The lowest BCUT2D eigenvalue weighted by Crippen LogP contribution is -2.13. The predicted octanol–water partition coefficient (Wildman–Crippen LogP) is 6.61. The van der Waals surface area contributed by atoms with Gasteiger partial charge in [-0.15, -0.1) is 0 Å². The number of hydrogen-bond donors (Lipinski definition) is 0. The Hall–Kier alpha value is -3.27. The molecule has 4 rings (SSSR count). The molecule has 0 saturated carbocycles. The first-order valence-corrected chi connectivity index (χ1v) is 11.2. The normalized spacial score (nSPS) is 11.7. The SMILES string of the molecule is Cc1ccc(OCCn2c(COc3ccc(C(C)(C)C)cc3)nc3ccccc32)c(C)c1. The second kappa shape index (κ2) is 9.07. The molecular weight excluding hydrogens is 396 g/mol. The largest absolute Gasteiger partial charge is 0.491 e. The standard InChI is InChI=1S/C28H32N2O2/c1-20-10-15-26(21(2)18-20)31-17-16-30-25-9-7-6-8-24(25)29-27(30)19-32-23-13-11-22(12-14-23)28(3,4)5/h6-15,18H,16-17,19H2,1-5H3. The van der Waals surface area contributed by atoms with Crippen molar-refractivity contribution in [2.75, 3.05) is 6.61 Å². The summed E-state index contributed by atoms with van der Waals surface area (Å²) in [7, 11) is 0. The summed E-state index contributed by atoms with van der Waals surface area (Å²) >= 11 is 0. The number of rotatable bonds is 7. The van der Waals surface area contributed by atoms with Crippen LogP contribution < -0.4 is 9.47 Å². The van der Waals surface area contributed by atoms with Crippen LogP contribution in [0.25, 0.3) is 11.0 Å². The molecular formula is C28H32N2O2. The summed E-state index contributed by atoms with van der Waals surface area (Å²) in [5.74, 6) is 2.68. The number of para-hydroxylation sites is 2. The fourth-order valence-corrected chi connectivity index (χ4v) is 3.89. The van der Waals surface area contributed by atoms with Gasteiger partial charge in [-0.3, -0.25) is 0 Å². The maximum Gasteiger partial charge on any atom is 0.148 e. The molecule has 4 nitrogen and oxygen atoms in total. The molecule has 0 saturated heterocycles. The molecule has 0 aliphatic carbocycles. The smallest absolute Gasteiger partial charge is 0.148 e. The first kappa shape index (κ1) is 21.9. The molecule has 166 valence electrons. The Morgan fingerprint density at radius 2 is 1.62 bits per heavy atom. The van der Waals surface area contributed by atoms with Gasteiger partial charge >= 0.3 is 0 Å². The van der Waals surface area contributed by atoms with Crippen LogP contribution in [0.1, 0.15) is 43.3 Å². The number of aromatic nitrogens is 2. The lowest BCUT2D eigenvalue weighted by Gasteiger charge is -2.19. The van der Waals surface area contributed by atoms with E-state index in [1.165, 1.54) is 11.1 Å². The zero-order chi connectivity index (χ0) is 22.7. The van der Waals surface area contributed by atoms with Crippen molar-refractivity contribution in [3.8, 4) is 11.5 Å². The highest BCUT2D eigenvalue weighted by Crippen LogP contribution is 2.25. The number of fused-ring (bicyclic) bond motifs is 1. The molecule has 0 N–H and O–H groups in total. The summed E-state index contributed by atoms with van der Waals surface area (Å²) in [5.41, 5.74) is 5.88. The van der Waals surface area contributed by atoms with Gasteiger partial charge < -0.3 is 14.0 Å². The van der Waals surface area contributed by atoms with Crippen LogP contribution >= 0.6 is 0 Å². The average molecular weight is 429 g/mol. The van der Waals surface area contributed by atoms with Crippen molar-refractivity contribution in [3.05, 3.63) is 89.2 Å². The topological polar surface area (TPSA) is 36.3 Å². The van der Waals surface area contributed by atoms with Gasteiger partial charge in [0.05, 0.1) is 17.6 Å². The summed E-state index contributed by atoms with van der Waals surface area (Å²) in [6.07, 6.45) is 0. The van der Waals surface area contributed by atoms with E-state index in [0.29, 0.717) is 19.8 Å². The van der Waals surface area contributed by atoms with Gasteiger partial charge in [0.1, 0.15) is 30.5 Å². The summed E-state index contributed by atoms with van der Waals surface area (Å²) in [6, 6.07) is 22.8. The van der Waals surface area contributed by atoms with E-state index < -0.39 is 0 Å². The van der Waals surface area contributed by atoms with Gasteiger partial charge in [-0.05, 0) is 60.7 Å². The van der Waals surface area contributed by atoms with Crippen LogP contribution in [0.3, 0.4) is 0 Å². The number of hydrogen-bond acceptors (Lipinski definition) is 3. The van der Waals surface area contributed by atoms with E-state index in [1.54, 1.807) is 0 Å². The van der Waals surface area contributed by atoms with Crippen molar-refractivity contribution in [1.82, 2.24) is 9.55 Å². The van der Waals surface area contributed by atoms with Gasteiger partial charge in [-0.25, -0.2) is 4.98 Å². The van der Waals surface area contributed by atoms with E-state index in [1.807, 2.05) is 36.4 Å². The van der Waals surface area contributed by atoms with E-state index in [-0.39, 0.29) is 5.41 Å². The monoisotopic (exact) mass is 428 g/mol. The van der Waals surface area contributed by atoms with E-state index in [0.717, 1.165) is 33.9 Å². The molecule has 0 unspecified atom stereocenters. The lowest BCUT2D eigenvalue weighted by molar-refractivity contribution is 0.271. The summed E-state index contributed by atoms with van der Waals surface area (Å²) in [6.45, 7) is 12.5. The minimum Gasteiger partial charge on any atom is -0.491 e. The van der Waals surface area contributed by atoms with Crippen LogP contribution in [-0.4, -0.2) is 16.2 Å². The molecule has 0 radical (unpaired) electrons. The second-order valence-electron chi connectivity index (χ2n) is 9.35. The molecule has 0 fully saturated rings. The zero-order valence-corrected chi connectivity index (χ0v) is 19.7. The molecule has 0 amide bonds. The van der Waals surface area contributed by atoms with E-state index >= 15 is 0 Å². The number of benzene rings is 3. The minimum absolute atomic E-state index is 0.127. The van der Waals surface area contributed by atoms with Crippen molar-refractivity contribution < 1.29 is 9.47 Å². The number of ether oxygens (including phenoxy) is 2. The van der Waals surface area contributed by atoms with Crippen molar-refractivity contribution >= 4 is 11.0 Å². The highest BCUT2D eigenvalue weighted by Gasteiger charge is 2.14. The molecule has 1 heterocycles. The molecule has 3 aromatic carbocycles. The Bertz CT molecular complexity index is 1200. The van der Waals surface area contributed by atoms with Crippen molar-refractivity contribution in [2.45, 2.75) is 53.2 Å². The van der Waals surface area contributed by atoms with Gasteiger partial charge in [-0.1, -0.05) is 62.7 Å². The highest BCUT2D eigenvalue weighted by atomic mass is 16.5. The quantitative estimate of drug-likeness (QED) is 0.332. The van der Waals surface area contributed by atoms with Crippen LogP contribution in [-0.2, 0) is 18.6 Å². The maximum atomic E-state index is 6.10. The Morgan fingerprint density at radius 3 is 2.34 bits per heavy atom. The van der Waals surface area contributed by atoms with Crippen molar-refractivity contribution in [1.29, 1.82) is 0 Å². The minimum atomic E-state index is 0.127. The molecule has 0 aliphatic rings. The third-order valence-corrected chi connectivity index (χ3v) is 5.72. The summed E-state index contributed by atoms with van der Waals surface area (Å²) < 4.78 is 14.4. The molecule has 4 aromatic rings. The number of imidazole rings is 1. The van der Waals surface area contributed by atoms with Crippen molar-refractivity contribution in [2.24, 2.45) is 0 Å². The third-order valence-electron chi connectivity index (χ3n) is 5.72. The summed E-state index contributed by atoms with van der Waals surface area (Å²) in [4.78, 5) is 4.82. The van der Waals surface area contributed by atoms with Gasteiger partial charge in [0, 0.05) is 0 Å². The Balaban J connectivity index is 1.48. The fourth-order valence-electron chi connectivity index (χ4n) is 3.89. The first-order valence-electron chi connectivity index (χ1n) is 11.2. The Morgan fingerprint density at radius 1 is 0.875 bits per heavy atom. The lowest BCUT2D eigenvalue weighted by atomic mass is 9.87. The van der Waals surface area contributed by atoms with Crippen molar-refractivity contribution in [3.63, 3.8) is 0 Å². The predicted molar refractivity (Wildman–Crippen MR) is 131 cm³/mol. The fraction of sp³-hybridized carbons (Fsp3) is 0.321.